The van der Waals surface area contributed by atoms with E-state index in [9.17, 15) is 4.79 Å². The molecule has 4 N–H and O–H groups in total. The molecule has 148 valence electrons. The van der Waals surface area contributed by atoms with Crippen molar-refractivity contribution in [2.24, 2.45) is 0 Å². The van der Waals surface area contributed by atoms with Crippen LogP contribution in [0.1, 0.15) is 15.9 Å². The van der Waals surface area contributed by atoms with Crippen molar-refractivity contribution in [1.82, 2.24) is 0 Å². The SMILES string of the molecule is Nc1ccccc1NC(=O)c1ccc(CNc2cccc(-c3ccccc3)c2)cc1. The number of para-hydroxylation sites is 2. The number of anilines is 3. The van der Waals surface area contributed by atoms with Gasteiger partial charge in [0.1, 0.15) is 0 Å². The van der Waals surface area contributed by atoms with Crippen molar-refractivity contribution in [2.45, 2.75) is 6.54 Å². The average molecular weight is 393 g/mol. The highest BCUT2D eigenvalue weighted by Gasteiger charge is 2.08. The van der Waals surface area contributed by atoms with E-state index in [1.165, 1.54) is 11.1 Å². The van der Waals surface area contributed by atoms with E-state index in [-0.39, 0.29) is 5.91 Å². The maximum atomic E-state index is 12.4. The Bertz CT molecular complexity index is 1140. The third-order valence-electron chi connectivity index (χ3n) is 4.89. The van der Waals surface area contributed by atoms with E-state index < -0.39 is 0 Å². The molecule has 0 fully saturated rings. The number of amides is 1. The van der Waals surface area contributed by atoms with Gasteiger partial charge in [0, 0.05) is 17.8 Å². The molecule has 4 aromatic rings. The highest BCUT2D eigenvalue weighted by Crippen LogP contribution is 2.23. The normalized spacial score (nSPS) is 10.4. The quantitative estimate of drug-likeness (QED) is 0.363. The number of nitrogens with one attached hydrogen (secondary N) is 2. The Morgan fingerprint density at radius 2 is 1.43 bits per heavy atom. The summed E-state index contributed by atoms with van der Waals surface area (Å²) in [6, 6.07) is 33.4. The van der Waals surface area contributed by atoms with E-state index in [2.05, 4.69) is 41.0 Å². The van der Waals surface area contributed by atoms with E-state index in [4.69, 9.17) is 5.73 Å². The van der Waals surface area contributed by atoms with Crippen LogP contribution in [0.3, 0.4) is 0 Å². The molecule has 0 atom stereocenters. The summed E-state index contributed by atoms with van der Waals surface area (Å²) in [6.07, 6.45) is 0. The van der Waals surface area contributed by atoms with Gasteiger partial charge in [0.15, 0.2) is 0 Å². The third-order valence-corrected chi connectivity index (χ3v) is 4.89. The fraction of sp³-hybridized carbons (Fsp3) is 0.0385. The van der Waals surface area contributed by atoms with Gasteiger partial charge in [0.2, 0.25) is 0 Å². The highest BCUT2D eigenvalue weighted by molar-refractivity contribution is 6.05. The fourth-order valence-electron chi connectivity index (χ4n) is 3.22. The predicted octanol–water partition coefficient (Wildman–Crippen LogP) is 5.80. The molecule has 0 aliphatic rings. The maximum Gasteiger partial charge on any atom is 0.255 e. The van der Waals surface area contributed by atoms with Crippen LogP contribution in [0.25, 0.3) is 11.1 Å². The first-order valence-corrected chi connectivity index (χ1v) is 9.83. The summed E-state index contributed by atoms with van der Waals surface area (Å²) in [5, 5.41) is 6.30. The summed E-state index contributed by atoms with van der Waals surface area (Å²) in [4.78, 5) is 12.4. The van der Waals surface area contributed by atoms with E-state index in [0.29, 0.717) is 23.5 Å². The lowest BCUT2D eigenvalue weighted by Crippen LogP contribution is -2.13. The van der Waals surface area contributed by atoms with Crippen LogP contribution in [0.2, 0.25) is 0 Å². The Morgan fingerprint density at radius 3 is 2.20 bits per heavy atom. The molecule has 4 heteroatoms. The second-order valence-corrected chi connectivity index (χ2v) is 7.04. The number of hydrogen-bond acceptors (Lipinski definition) is 3. The number of hydrogen-bond donors (Lipinski definition) is 3. The van der Waals surface area contributed by atoms with Crippen LogP contribution in [-0.4, -0.2) is 5.91 Å². The average Bonchev–Trinajstić information content (AvgIpc) is 2.80. The van der Waals surface area contributed by atoms with Gasteiger partial charge in [-0.2, -0.15) is 0 Å². The minimum atomic E-state index is -0.178. The standard InChI is InChI=1S/C26H23N3O/c27-24-11-4-5-12-25(24)29-26(30)21-15-13-19(14-16-21)18-28-23-10-6-9-22(17-23)20-7-2-1-3-8-20/h1-17,28H,18,27H2,(H,29,30). The number of benzene rings is 4. The van der Waals surface area contributed by atoms with Crippen LogP contribution < -0.4 is 16.4 Å². The van der Waals surface area contributed by atoms with Crippen LogP contribution in [0.4, 0.5) is 17.1 Å². The van der Waals surface area contributed by atoms with E-state index in [1.54, 1.807) is 12.1 Å². The fourth-order valence-corrected chi connectivity index (χ4v) is 3.22. The van der Waals surface area contributed by atoms with Crippen molar-refractivity contribution in [3.8, 4) is 11.1 Å². The summed E-state index contributed by atoms with van der Waals surface area (Å²) in [6.45, 7) is 0.672. The summed E-state index contributed by atoms with van der Waals surface area (Å²) in [5.41, 5.74) is 12.2. The summed E-state index contributed by atoms with van der Waals surface area (Å²) < 4.78 is 0. The zero-order chi connectivity index (χ0) is 20.8. The molecule has 0 aliphatic carbocycles. The molecule has 0 aromatic heterocycles. The second-order valence-electron chi connectivity index (χ2n) is 7.04. The molecule has 0 spiro atoms. The number of nitrogen functional groups attached to an aromatic ring is 1. The van der Waals surface area contributed by atoms with Crippen molar-refractivity contribution >= 4 is 23.0 Å². The first kappa shape index (κ1) is 19.3. The Labute approximate surface area is 176 Å². The first-order chi connectivity index (χ1) is 14.7. The molecular formula is C26H23N3O. The van der Waals surface area contributed by atoms with Crippen LogP contribution in [0.5, 0.6) is 0 Å². The lowest BCUT2D eigenvalue weighted by Gasteiger charge is -2.10. The topological polar surface area (TPSA) is 67.1 Å². The molecule has 30 heavy (non-hydrogen) atoms. The van der Waals surface area contributed by atoms with Gasteiger partial charge in [-0.05, 0) is 53.1 Å². The minimum absolute atomic E-state index is 0.178. The minimum Gasteiger partial charge on any atom is -0.397 e. The van der Waals surface area contributed by atoms with Gasteiger partial charge in [-0.3, -0.25) is 4.79 Å². The molecule has 0 saturated carbocycles. The van der Waals surface area contributed by atoms with Crippen molar-refractivity contribution in [3.05, 3.63) is 114 Å². The molecule has 0 heterocycles. The Hall–Kier alpha value is -4.05. The maximum absolute atomic E-state index is 12.4. The summed E-state index contributed by atoms with van der Waals surface area (Å²) in [5.74, 6) is -0.178. The van der Waals surface area contributed by atoms with Gasteiger partial charge in [-0.1, -0.05) is 66.7 Å². The van der Waals surface area contributed by atoms with Gasteiger partial charge in [0.25, 0.3) is 5.91 Å². The van der Waals surface area contributed by atoms with Gasteiger partial charge < -0.3 is 16.4 Å². The number of carbonyl (C=O) groups excluding carboxylic acids is 1. The van der Waals surface area contributed by atoms with Crippen LogP contribution in [0.15, 0.2) is 103 Å². The molecule has 4 aromatic carbocycles. The van der Waals surface area contributed by atoms with Crippen LogP contribution >= 0.6 is 0 Å². The van der Waals surface area contributed by atoms with Crippen molar-refractivity contribution in [1.29, 1.82) is 0 Å². The summed E-state index contributed by atoms with van der Waals surface area (Å²) >= 11 is 0. The zero-order valence-electron chi connectivity index (χ0n) is 16.5. The molecule has 0 unspecified atom stereocenters. The highest BCUT2D eigenvalue weighted by atomic mass is 16.1. The van der Waals surface area contributed by atoms with Gasteiger partial charge >= 0.3 is 0 Å². The molecule has 0 radical (unpaired) electrons. The number of carbonyl (C=O) groups is 1. The van der Waals surface area contributed by atoms with E-state index in [1.807, 2.05) is 60.7 Å². The first-order valence-electron chi connectivity index (χ1n) is 9.83. The number of rotatable bonds is 6. The molecule has 0 saturated heterocycles. The molecule has 1 amide bonds. The van der Waals surface area contributed by atoms with Gasteiger partial charge in [0.05, 0.1) is 11.4 Å². The Morgan fingerprint density at radius 1 is 0.733 bits per heavy atom. The lowest BCUT2D eigenvalue weighted by atomic mass is 10.1. The van der Waals surface area contributed by atoms with Crippen molar-refractivity contribution < 1.29 is 4.79 Å². The number of nitrogens with two attached hydrogens (primary N) is 1. The van der Waals surface area contributed by atoms with Crippen molar-refractivity contribution in [3.63, 3.8) is 0 Å². The van der Waals surface area contributed by atoms with E-state index in [0.717, 1.165) is 11.3 Å². The molecule has 4 rings (SSSR count). The summed E-state index contributed by atoms with van der Waals surface area (Å²) in [7, 11) is 0. The van der Waals surface area contributed by atoms with Crippen LogP contribution in [0, 0.1) is 0 Å². The monoisotopic (exact) mass is 393 g/mol. The third kappa shape index (κ3) is 4.67. The largest absolute Gasteiger partial charge is 0.397 e. The smallest absolute Gasteiger partial charge is 0.255 e. The Balaban J connectivity index is 1.38. The van der Waals surface area contributed by atoms with Gasteiger partial charge in [-0.25, -0.2) is 0 Å². The molecule has 0 aliphatic heterocycles. The second kappa shape index (κ2) is 8.97. The van der Waals surface area contributed by atoms with Crippen molar-refractivity contribution in [2.75, 3.05) is 16.4 Å². The molecule has 4 nitrogen and oxygen atoms in total. The zero-order valence-corrected chi connectivity index (χ0v) is 16.5. The lowest BCUT2D eigenvalue weighted by molar-refractivity contribution is 0.102. The molecule has 0 bridgehead atoms. The van der Waals surface area contributed by atoms with Crippen LogP contribution in [-0.2, 0) is 6.54 Å². The molecular weight excluding hydrogens is 370 g/mol. The van der Waals surface area contributed by atoms with E-state index >= 15 is 0 Å². The predicted molar refractivity (Wildman–Crippen MR) is 124 cm³/mol. The van der Waals surface area contributed by atoms with Gasteiger partial charge in [-0.15, -0.1) is 0 Å². The Kier molecular flexibility index (Phi) is 5.76.